The van der Waals surface area contributed by atoms with Crippen LogP contribution in [-0.4, -0.2) is 38.1 Å². The van der Waals surface area contributed by atoms with Gasteiger partial charge < -0.3 is 4.90 Å². The molecule has 0 aromatic carbocycles. The lowest BCUT2D eigenvalue weighted by molar-refractivity contribution is 0.266. The van der Waals surface area contributed by atoms with E-state index >= 15 is 0 Å². The third-order valence-electron chi connectivity index (χ3n) is 3.88. The van der Waals surface area contributed by atoms with Crippen LogP contribution < -0.4 is 5.32 Å². The molecule has 2 nitrogen and oxygen atoms in total. The molecule has 2 heteroatoms. The van der Waals surface area contributed by atoms with Crippen LogP contribution in [0.5, 0.6) is 0 Å². The fourth-order valence-corrected chi connectivity index (χ4v) is 3.01. The van der Waals surface area contributed by atoms with Gasteiger partial charge in [0.05, 0.1) is 0 Å². The van der Waals surface area contributed by atoms with E-state index < -0.39 is 0 Å². The van der Waals surface area contributed by atoms with Crippen molar-refractivity contribution in [3.05, 3.63) is 0 Å². The van der Waals surface area contributed by atoms with Crippen LogP contribution in [0, 0.1) is 11.8 Å². The summed E-state index contributed by atoms with van der Waals surface area (Å²) < 4.78 is 0. The Kier molecular flexibility index (Phi) is 3.82. The zero-order chi connectivity index (χ0) is 9.80. The third-order valence-corrected chi connectivity index (χ3v) is 3.88. The molecule has 0 bridgehead atoms. The molecular formula is C12H23N2. The van der Waals surface area contributed by atoms with Crippen molar-refractivity contribution in [1.82, 2.24) is 10.2 Å². The van der Waals surface area contributed by atoms with Crippen molar-refractivity contribution in [2.24, 2.45) is 11.8 Å². The van der Waals surface area contributed by atoms with Gasteiger partial charge in [-0.2, -0.15) is 0 Å². The van der Waals surface area contributed by atoms with Gasteiger partial charge in [-0.3, -0.25) is 0 Å². The molecule has 2 saturated heterocycles. The van der Waals surface area contributed by atoms with Gasteiger partial charge in [0.15, 0.2) is 0 Å². The maximum atomic E-state index is 4.50. The molecular weight excluding hydrogens is 172 g/mol. The molecule has 81 valence electrons. The van der Waals surface area contributed by atoms with Crippen molar-refractivity contribution in [3.8, 4) is 0 Å². The molecule has 0 aromatic rings. The number of nitrogens with zero attached hydrogens (tertiary/aromatic N) is 2. The molecule has 2 aliphatic heterocycles. The summed E-state index contributed by atoms with van der Waals surface area (Å²) >= 11 is 0. The summed E-state index contributed by atoms with van der Waals surface area (Å²) in [5.74, 6) is 2.01. The standard InChI is InChI=1S/C12H23N2/c1-14-9-6-12(10-14)11-4-2-7-13-8-3-5-11/h11-12H,2-10H2,1H3. The van der Waals surface area contributed by atoms with E-state index in [1.807, 2.05) is 0 Å². The Morgan fingerprint density at radius 2 is 1.71 bits per heavy atom. The minimum Gasteiger partial charge on any atom is -0.306 e. The summed E-state index contributed by atoms with van der Waals surface area (Å²) in [5, 5.41) is 4.50. The molecule has 14 heavy (non-hydrogen) atoms. The Morgan fingerprint density at radius 3 is 2.29 bits per heavy atom. The van der Waals surface area contributed by atoms with Crippen molar-refractivity contribution in [2.75, 3.05) is 33.2 Å². The zero-order valence-corrected chi connectivity index (χ0v) is 9.41. The second-order valence-electron chi connectivity index (χ2n) is 5.03. The van der Waals surface area contributed by atoms with Crippen LogP contribution in [0.2, 0.25) is 0 Å². The van der Waals surface area contributed by atoms with Crippen molar-refractivity contribution >= 4 is 0 Å². The van der Waals surface area contributed by atoms with Crippen molar-refractivity contribution in [2.45, 2.75) is 32.1 Å². The molecule has 2 rings (SSSR count). The third kappa shape index (κ3) is 2.71. The molecule has 2 heterocycles. The summed E-state index contributed by atoms with van der Waals surface area (Å²) in [7, 11) is 2.26. The van der Waals surface area contributed by atoms with Crippen LogP contribution in [0.4, 0.5) is 0 Å². The Bertz CT molecular complexity index is 162. The van der Waals surface area contributed by atoms with Gasteiger partial charge in [-0.05, 0) is 57.5 Å². The van der Waals surface area contributed by atoms with E-state index in [2.05, 4.69) is 17.3 Å². The minimum atomic E-state index is 0.998. The Balaban J connectivity index is 1.81. The highest BCUT2D eigenvalue weighted by molar-refractivity contribution is 4.80. The first-order valence-electron chi connectivity index (χ1n) is 6.18. The predicted octanol–water partition coefficient (Wildman–Crippen LogP) is 1.73. The van der Waals surface area contributed by atoms with Crippen LogP contribution in [0.25, 0.3) is 0 Å². The topological polar surface area (TPSA) is 17.3 Å². The smallest absolute Gasteiger partial charge is 0.0133 e. The van der Waals surface area contributed by atoms with Gasteiger partial charge in [-0.1, -0.05) is 0 Å². The van der Waals surface area contributed by atoms with Crippen LogP contribution in [0.1, 0.15) is 32.1 Å². The molecule has 0 saturated carbocycles. The Labute approximate surface area is 88.1 Å². The highest BCUT2D eigenvalue weighted by Gasteiger charge is 2.27. The van der Waals surface area contributed by atoms with Crippen molar-refractivity contribution < 1.29 is 0 Å². The van der Waals surface area contributed by atoms with Crippen LogP contribution >= 0.6 is 0 Å². The molecule has 2 fully saturated rings. The average Bonchev–Trinajstić information content (AvgIpc) is 2.51. The van der Waals surface area contributed by atoms with Crippen molar-refractivity contribution in [1.29, 1.82) is 0 Å². The summed E-state index contributed by atoms with van der Waals surface area (Å²) in [6.45, 7) is 4.92. The van der Waals surface area contributed by atoms with E-state index in [1.54, 1.807) is 0 Å². The summed E-state index contributed by atoms with van der Waals surface area (Å²) in [5.41, 5.74) is 0. The molecule has 1 atom stereocenters. The van der Waals surface area contributed by atoms with Crippen LogP contribution in [0.3, 0.4) is 0 Å². The summed E-state index contributed by atoms with van der Waals surface area (Å²) in [6.07, 6.45) is 6.98. The zero-order valence-electron chi connectivity index (χ0n) is 9.41. The second kappa shape index (κ2) is 5.13. The SMILES string of the molecule is CN1CCC(C2CCC[N]CCC2)C1. The second-order valence-corrected chi connectivity index (χ2v) is 5.03. The Morgan fingerprint density at radius 1 is 1.00 bits per heavy atom. The van der Waals surface area contributed by atoms with E-state index in [9.17, 15) is 0 Å². The molecule has 1 unspecified atom stereocenters. The monoisotopic (exact) mass is 195 g/mol. The van der Waals surface area contributed by atoms with Gasteiger partial charge in [0.2, 0.25) is 0 Å². The lowest BCUT2D eigenvalue weighted by Gasteiger charge is -2.25. The molecule has 2 aliphatic rings. The van der Waals surface area contributed by atoms with Crippen molar-refractivity contribution in [3.63, 3.8) is 0 Å². The molecule has 0 aliphatic carbocycles. The van der Waals surface area contributed by atoms with Crippen LogP contribution in [-0.2, 0) is 0 Å². The van der Waals surface area contributed by atoms with Crippen LogP contribution in [0.15, 0.2) is 0 Å². The number of rotatable bonds is 1. The lowest BCUT2D eigenvalue weighted by Crippen LogP contribution is -2.23. The molecule has 1 radical (unpaired) electrons. The van der Waals surface area contributed by atoms with Gasteiger partial charge >= 0.3 is 0 Å². The predicted molar refractivity (Wildman–Crippen MR) is 59.4 cm³/mol. The quantitative estimate of drug-likeness (QED) is 0.623. The number of likely N-dealkylation sites (tertiary alicyclic amines) is 1. The van der Waals surface area contributed by atoms with Gasteiger partial charge in [-0.25, -0.2) is 5.32 Å². The van der Waals surface area contributed by atoms with E-state index in [4.69, 9.17) is 0 Å². The van der Waals surface area contributed by atoms with Gasteiger partial charge in [0.1, 0.15) is 0 Å². The van der Waals surface area contributed by atoms with E-state index in [-0.39, 0.29) is 0 Å². The van der Waals surface area contributed by atoms with Gasteiger partial charge in [-0.15, -0.1) is 0 Å². The van der Waals surface area contributed by atoms with Gasteiger partial charge in [0.25, 0.3) is 0 Å². The van der Waals surface area contributed by atoms with E-state index in [1.165, 1.54) is 45.2 Å². The largest absolute Gasteiger partial charge is 0.306 e. The van der Waals surface area contributed by atoms with Gasteiger partial charge in [0, 0.05) is 19.6 Å². The maximum absolute atomic E-state index is 4.50. The number of hydrogen-bond donors (Lipinski definition) is 0. The maximum Gasteiger partial charge on any atom is 0.0133 e. The first kappa shape index (κ1) is 10.4. The first-order chi connectivity index (χ1) is 6.86. The summed E-state index contributed by atoms with van der Waals surface area (Å²) in [6, 6.07) is 0. The van der Waals surface area contributed by atoms with E-state index in [0.717, 1.165) is 24.9 Å². The normalized spacial score (nSPS) is 32.8. The number of hydrogen-bond acceptors (Lipinski definition) is 1. The molecule has 0 aromatic heterocycles. The first-order valence-corrected chi connectivity index (χ1v) is 6.18. The minimum absolute atomic E-state index is 0.998. The lowest BCUT2D eigenvalue weighted by atomic mass is 9.83. The average molecular weight is 195 g/mol. The molecule has 0 N–H and O–H groups in total. The fourth-order valence-electron chi connectivity index (χ4n) is 3.01. The van der Waals surface area contributed by atoms with E-state index in [0.29, 0.717) is 0 Å². The highest BCUT2D eigenvalue weighted by Crippen LogP contribution is 2.30. The Hall–Kier alpha value is -0.0800. The highest BCUT2D eigenvalue weighted by atomic mass is 15.1. The summed E-state index contributed by atoms with van der Waals surface area (Å²) in [4.78, 5) is 2.49. The molecule has 0 spiro atoms. The fraction of sp³-hybridized carbons (Fsp3) is 1.00. The molecule has 0 amide bonds.